The molecule has 5 nitrogen and oxygen atoms in total. The minimum absolute atomic E-state index is 0.448. The standard InChI is InChI=1S/C7H5N3O2/c11-7-10-5(4-12-7)6-8-2-1-3-9-6/h1-4H,(H,10,11). The number of hydrogen-bond acceptors (Lipinski definition) is 4. The second-order valence-electron chi connectivity index (χ2n) is 2.13. The molecule has 0 atom stereocenters. The first-order valence-electron chi connectivity index (χ1n) is 3.31. The van der Waals surface area contributed by atoms with Gasteiger partial charge in [-0.3, -0.25) is 4.98 Å². The Morgan fingerprint density at radius 1 is 1.33 bits per heavy atom. The van der Waals surface area contributed by atoms with Gasteiger partial charge in [-0.2, -0.15) is 0 Å². The van der Waals surface area contributed by atoms with Gasteiger partial charge in [0.2, 0.25) is 0 Å². The fourth-order valence-corrected chi connectivity index (χ4v) is 0.828. The molecule has 0 spiro atoms. The zero-order chi connectivity index (χ0) is 8.39. The average Bonchev–Trinajstić information content (AvgIpc) is 2.54. The molecule has 0 fully saturated rings. The van der Waals surface area contributed by atoms with E-state index in [2.05, 4.69) is 19.4 Å². The van der Waals surface area contributed by atoms with Crippen molar-refractivity contribution in [2.45, 2.75) is 0 Å². The lowest BCUT2D eigenvalue weighted by Crippen LogP contribution is -1.96. The molecule has 0 radical (unpaired) electrons. The van der Waals surface area contributed by atoms with E-state index in [4.69, 9.17) is 0 Å². The van der Waals surface area contributed by atoms with E-state index >= 15 is 0 Å². The molecule has 12 heavy (non-hydrogen) atoms. The van der Waals surface area contributed by atoms with Crippen LogP contribution < -0.4 is 5.76 Å². The summed E-state index contributed by atoms with van der Waals surface area (Å²) in [5, 5.41) is 0. The summed E-state index contributed by atoms with van der Waals surface area (Å²) in [5.74, 6) is -0.0548. The van der Waals surface area contributed by atoms with Crippen LogP contribution >= 0.6 is 0 Å². The summed E-state index contributed by atoms with van der Waals surface area (Å²) in [6.45, 7) is 0. The van der Waals surface area contributed by atoms with E-state index in [0.717, 1.165) is 0 Å². The van der Waals surface area contributed by atoms with Crippen molar-refractivity contribution < 1.29 is 4.42 Å². The predicted molar refractivity (Wildman–Crippen MR) is 40.4 cm³/mol. The summed E-state index contributed by atoms with van der Waals surface area (Å²) in [6.07, 6.45) is 4.47. The number of nitrogens with zero attached hydrogens (tertiary/aromatic N) is 2. The number of oxazole rings is 1. The first-order valence-corrected chi connectivity index (χ1v) is 3.31. The number of aromatic amines is 1. The maximum absolute atomic E-state index is 10.6. The SMILES string of the molecule is O=c1[nH]c(-c2ncccn2)co1. The predicted octanol–water partition coefficient (Wildman–Crippen LogP) is 0.425. The molecule has 1 N–H and O–H groups in total. The highest BCUT2D eigenvalue weighted by Crippen LogP contribution is 2.06. The quantitative estimate of drug-likeness (QED) is 0.661. The molecule has 0 aromatic carbocycles. The van der Waals surface area contributed by atoms with E-state index in [9.17, 15) is 4.79 Å². The minimum Gasteiger partial charge on any atom is -0.416 e. The average molecular weight is 163 g/mol. The largest absolute Gasteiger partial charge is 0.416 e. The molecular weight excluding hydrogens is 158 g/mol. The van der Waals surface area contributed by atoms with Gasteiger partial charge in [-0.05, 0) is 6.07 Å². The second-order valence-corrected chi connectivity index (χ2v) is 2.13. The van der Waals surface area contributed by atoms with Crippen LogP contribution in [-0.2, 0) is 0 Å². The van der Waals surface area contributed by atoms with Gasteiger partial charge in [0, 0.05) is 12.4 Å². The van der Waals surface area contributed by atoms with E-state index < -0.39 is 5.76 Å². The van der Waals surface area contributed by atoms with Gasteiger partial charge in [0.1, 0.15) is 12.0 Å². The van der Waals surface area contributed by atoms with Crippen molar-refractivity contribution in [3.05, 3.63) is 35.3 Å². The van der Waals surface area contributed by atoms with Crippen molar-refractivity contribution in [2.24, 2.45) is 0 Å². The molecule has 2 aromatic heterocycles. The summed E-state index contributed by atoms with van der Waals surface area (Å²) in [7, 11) is 0. The van der Waals surface area contributed by atoms with Crippen LogP contribution in [0.1, 0.15) is 0 Å². The maximum Gasteiger partial charge on any atom is 0.416 e. The van der Waals surface area contributed by atoms with Crippen LogP contribution in [-0.4, -0.2) is 15.0 Å². The van der Waals surface area contributed by atoms with Gasteiger partial charge < -0.3 is 4.42 Å². The molecule has 0 unspecified atom stereocenters. The Balaban J connectivity index is 2.51. The van der Waals surface area contributed by atoms with Crippen LogP contribution in [0.15, 0.2) is 33.9 Å². The number of H-pyrrole nitrogens is 1. The Labute approximate surface area is 67.1 Å². The van der Waals surface area contributed by atoms with Crippen LogP contribution in [0.25, 0.3) is 11.5 Å². The van der Waals surface area contributed by atoms with E-state index in [0.29, 0.717) is 11.5 Å². The zero-order valence-electron chi connectivity index (χ0n) is 6.02. The lowest BCUT2D eigenvalue weighted by molar-refractivity contribution is 0.515. The van der Waals surface area contributed by atoms with Crippen molar-refractivity contribution >= 4 is 0 Å². The highest BCUT2D eigenvalue weighted by molar-refractivity contribution is 5.44. The molecule has 60 valence electrons. The summed E-state index contributed by atoms with van der Waals surface area (Å²) >= 11 is 0. The second kappa shape index (κ2) is 2.61. The van der Waals surface area contributed by atoms with Crippen LogP contribution in [0.4, 0.5) is 0 Å². The molecule has 0 aliphatic carbocycles. The molecule has 2 aromatic rings. The molecule has 0 bridgehead atoms. The molecule has 2 rings (SSSR count). The van der Waals surface area contributed by atoms with Crippen LogP contribution in [0, 0.1) is 0 Å². The number of hydrogen-bond donors (Lipinski definition) is 1. The fraction of sp³-hybridized carbons (Fsp3) is 0. The van der Waals surface area contributed by atoms with Gasteiger partial charge in [-0.25, -0.2) is 14.8 Å². The van der Waals surface area contributed by atoms with Gasteiger partial charge in [0.15, 0.2) is 5.82 Å². The molecular formula is C7H5N3O2. The molecule has 2 heterocycles. The lowest BCUT2D eigenvalue weighted by Gasteiger charge is -1.89. The number of aromatic nitrogens is 3. The summed E-state index contributed by atoms with van der Waals surface area (Å²) in [4.78, 5) is 20.9. The minimum atomic E-state index is -0.502. The highest BCUT2D eigenvalue weighted by atomic mass is 16.4. The summed E-state index contributed by atoms with van der Waals surface area (Å²) in [6, 6.07) is 1.70. The van der Waals surface area contributed by atoms with Crippen molar-refractivity contribution in [1.82, 2.24) is 15.0 Å². The van der Waals surface area contributed by atoms with Crippen LogP contribution in [0.3, 0.4) is 0 Å². The first-order chi connectivity index (χ1) is 5.86. The number of nitrogens with one attached hydrogen (secondary N) is 1. The van der Waals surface area contributed by atoms with Crippen LogP contribution in [0.2, 0.25) is 0 Å². The Morgan fingerprint density at radius 2 is 2.08 bits per heavy atom. The third kappa shape index (κ3) is 1.12. The molecule has 0 aliphatic heterocycles. The molecule has 0 saturated heterocycles. The Morgan fingerprint density at radius 3 is 2.67 bits per heavy atom. The molecule has 0 aliphatic rings. The van der Waals surface area contributed by atoms with E-state index in [1.807, 2.05) is 0 Å². The van der Waals surface area contributed by atoms with E-state index in [-0.39, 0.29) is 0 Å². The smallest absolute Gasteiger partial charge is 0.416 e. The van der Waals surface area contributed by atoms with Crippen molar-refractivity contribution in [3.63, 3.8) is 0 Å². The van der Waals surface area contributed by atoms with Gasteiger partial charge >= 0.3 is 5.76 Å². The molecule has 5 heteroatoms. The molecule has 0 amide bonds. The third-order valence-electron chi connectivity index (χ3n) is 1.33. The van der Waals surface area contributed by atoms with Gasteiger partial charge in [0.05, 0.1) is 0 Å². The first kappa shape index (κ1) is 6.78. The molecule has 0 saturated carbocycles. The monoisotopic (exact) mass is 163 g/mol. The highest BCUT2D eigenvalue weighted by Gasteiger charge is 2.02. The van der Waals surface area contributed by atoms with E-state index in [1.54, 1.807) is 18.5 Å². The van der Waals surface area contributed by atoms with Crippen LogP contribution in [0.5, 0.6) is 0 Å². The Kier molecular flexibility index (Phi) is 1.48. The topological polar surface area (TPSA) is 71.8 Å². The number of rotatable bonds is 1. The third-order valence-corrected chi connectivity index (χ3v) is 1.33. The maximum atomic E-state index is 10.6. The zero-order valence-corrected chi connectivity index (χ0v) is 6.02. The van der Waals surface area contributed by atoms with Crippen molar-refractivity contribution in [3.8, 4) is 11.5 Å². The normalized spacial score (nSPS) is 10.0. The van der Waals surface area contributed by atoms with E-state index in [1.165, 1.54) is 6.26 Å². The Hall–Kier alpha value is -1.91. The Bertz CT molecular complexity index is 417. The van der Waals surface area contributed by atoms with Gasteiger partial charge in [-0.1, -0.05) is 0 Å². The van der Waals surface area contributed by atoms with Gasteiger partial charge in [-0.15, -0.1) is 0 Å². The fourth-order valence-electron chi connectivity index (χ4n) is 0.828. The lowest BCUT2D eigenvalue weighted by atomic mass is 10.4. The summed E-state index contributed by atoms with van der Waals surface area (Å²) < 4.78 is 4.53. The van der Waals surface area contributed by atoms with Gasteiger partial charge in [0.25, 0.3) is 0 Å². The summed E-state index contributed by atoms with van der Waals surface area (Å²) in [5.41, 5.74) is 0.487. The van der Waals surface area contributed by atoms with Crippen molar-refractivity contribution in [2.75, 3.05) is 0 Å². The van der Waals surface area contributed by atoms with Crippen molar-refractivity contribution in [1.29, 1.82) is 0 Å².